The van der Waals surface area contributed by atoms with Gasteiger partial charge in [-0.2, -0.15) is 0 Å². The highest BCUT2D eigenvalue weighted by atomic mass is 35.5. The minimum atomic E-state index is -0.271. The number of halogens is 1. The lowest BCUT2D eigenvalue weighted by Gasteiger charge is -2.21. The third-order valence-corrected chi connectivity index (χ3v) is 4.78. The van der Waals surface area contributed by atoms with Crippen LogP contribution in [-0.2, 0) is 0 Å². The average Bonchev–Trinajstić information content (AvgIpc) is 2.87. The molecule has 25 heavy (non-hydrogen) atoms. The van der Waals surface area contributed by atoms with Gasteiger partial charge in [0.2, 0.25) is 0 Å². The maximum absolute atomic E-state index is 12.6. The van der Waals surface area contributed by atoms with Crippen molar-refractivity contribution in [3.8, 4) is 0 Å². The Bertz CT molecular complexity index is 747. The highest BCUT2D eigenvalue weighted by Gasteiger charge is 2.16. The number of anilines is 2. The van der Waals surface area contributed by atoms with Gasteiger partial charge in [0.05, 0.1) is 10.7 Å². The second-order valence-corrected chi connectivity index (χ2v) is 6.96. The molecule has 0 atom stereocenters. The molecule has 0 unspecified atom stereocenters. The predicted octanol–water partition coefficient (Wildman–Crippen LogP) is 4.38. The zero-order valence-electron chi connectivity index (χ0n) is 14.7. The molecule has 1 aliphatic heterocycles. The summed E-state index contributed by atoms with van der Waals surface area (Å²) in [6, 6.07) is 5.59. The van der Waals surface area contributed by atoms with Gasteiger partial charge in [-0.3, -0.25) is 4.79 Å². The summed E-state index contributed by atoms with van der Waals surface area (Å²) in [5.41, 5.74) is 2.98. The third-order valence-electron chi connectivity index (χ3n) is 4.49. The van der Waals surface area contributed by atoms with Gasteiger partial charge in [0, 0.05) is 19.2 Å². The van der Waals surface area contributed by atoms with E-state index in [0.29, 0.717) is 16.4 Å². The molecule has 132 valence electrons. The van der Waals surface area contributed by atoms with E-state index in [2.05, 4.69) is 20.2 Å². The Kier molecular flexibility index (Phi) is 5.53. The molecule has 1 amide bonds. The first-order valence-electron chi connectivity index (χ1n) is 8.69. The Morgan fingerprint density at radius 1 is 1.08 bits per heavy atom. The van der Waals surface area contributed by atoms with Crippen molar-refractivity contribution < 1.29 is 4.79 Å². The van der Waals surface area contributed by atoms with E-state index in [-0.39, 0.29) is 5.91 Å². The summed E-state index contributed by atoms with van der Waals surface area (Å²) < 4.78 is 0. The summed E-state index contributed by atoms with van der Waals surface area (Å²) in [5, 5.41) is 3.42. The summed E-state index contributed by atoms with van der Waals surface area (Å²) >= 11 is 6.28. The summed E-state index contributed by atoms with van der Waals surface area (Å²) in [5.74, 6) is 0.543. The standard InChI is InChI=1S/C19H23ClN4O/c1-13-9-14(2)18(15(20)10-13)23-19(25)16-11-17(22-12-21-16)24-7-5-3-4-6-8-24/h9-12H,3-8H2,1-2H3,(H,23,25). The van der Waals surface area contributed by atoms with Crippen LogP contribution in [0.5, 0.6) is 0 Å². The van der Waals surface area contributed by atoms with Gasteiger partial charge in [0.25, 0.3) is 5.91 Å². The molecule has 0 radical (unpaired) electrons. The van der Waals surface area contributed by atoms with Crippen molar-refractivity contribution >= 4 is 29.0 Å². The molecule has 1 saturated heterocycles. The fourth-order valence-corrected chi connectivity index (χ4v) is 3.56. The molecule has 1 fully saturated rings. The molecule has 1 aromatic heterocycles. The quantitative estimate of drug-likeness (QED) is 0.884. The van der Waals surface area contributed by atoms with Gasteiger partial charge in [0.15, 0.2) is 0 Å². The fraction of sp³-hybridized carbons (Fsp3) is 0.421. The maximum Gasteiger partial charge on any atom is 0.274 e. The monoisotopic (exact) mass is 358 g/mol. The van der Waals surface area contributed by atoms with Crippen LogP contribution in [-0.4, -0.2) is 29.0 Å². The van der Waals surface area contributed by atoms with Crippen molar-refractivity contribution in [3.05, 3.63) is 46.4 Å². The second kappa shape index (κ2) is 7.83. The van der Waals surface area contributed by atoms with Crippen molar-refractivity contribution in [1.82, 2.24) is 9.97 Å². The third kappa shape index (κ3) is 4.28. The van der Waals surface area contributed by atoms with Crippen LogP contribution in [0.3, 0.4) is 0 Å². The van der Waals surface area contributed by atoms with E-state index in [1.165, 1.54) is 19.2 Å². The first kappa shape index (κ1) is 17.7. The molecule has 0 saturated carbocycles. The SMILES string of the molecule is Cc1cc(C)c(NC(=O)c2cc(N3CCCCCC3)ncn2)c(Cl)c1. The normalized spacial score (nSPS) is 14.9. The van der Waals surface area contributed by atoms with Crippen LogP contribution in [0.25, 0.3) is 0 Å². The molecule has 2 heterocycles. The van der Waals surface area contributed by atoms with E-state index in [1.807, 2.05) is 26.0 Å². The summed E-state index contributed by atoms with van der Waals surface area (Å²) in [4.78, 5) is 23.3. The summed E-state index contributed by atoms with van der Waals surface area (Å²) in [7, 11) is 0. The molecule has 2 aromatic rings. The molecular formula is C19H23ClN4O. The topological polar surface area (TPSA) is 58.1 Å². The number of carbonyl (C=O) groups excluding carboxylic acids is 1. The predicted molar refractivity (Wildman–Crippen MR) is 102 cm³/mol. The molecule has 1 aliphatic rings. The van der Waals surface area contributed by atoms with Crippen LogP contribution in [0.4, 0.5) is 11.5 Å². The largest absolute Gasteiger partial charge is 0.357 e. The smallest absolute Gasteiger partial charge is 0.274 e. The van der Waals surface area contributed by atoms with Gasteiger partial charge in [-0.05, 0) is 43.9 Å². The van der Waals surface area contributed by atoms with Crippen molar-refractivity contribution in [2.45, 2.75) is 39.5 Å². The average molecular weight is 359 g/mol. The Morgan fingerprint density at radius 3 is 2.48 bits per heavy atom. The number of rotatable bonds is 3. The van der Waals surface area contributed by atoms with Gasteiger partial charge in [-0.15, -0.1) is 0 Å². The van der Waals surface area contributed by atoms with Crippen LogP contribution in [0.1, 0.15) is 47.3 Å². The van der Waals surface area contributed by atoms with Crippen LogP contribution in [0.2, 0.25) is 5.02 Å². The first-order valence-corrected chi connectivity index (χ1v) is 9.07. The zero-order valence-corrected chi connectivity index (χ0v) is 15.4. The lowest BCUT2D eigenvalue weighted by Crippen LogP contribution is -2.25. The Morgan fingerprint density at radius 2 is 1.80 bits per heavy atom. The number of carbonyl (C=O) groups is 1. The number of aromatic nitrogens is 2. The van der Waals surface area contributed by atoms with E-state index in [0.717, 1.165) is 42.9 Å². The number of nitrogens with one attached hydrogen (secondary N) is 1. The van der Waals surface area contributed by atoms with E-state index < -0.39 is 0 Å². The number of aryl methyl sites for hydroxylation is 2. The Balaban J connectivity index is 1.80. The van der Waals surface area contributed by atoms with Gasteiger partial charge in [-0.25, -0.2) is 9.97 Å². The minimum absolute atomic E-state index is 0.271. The van der Waals surface area contributed by atoms with Crippen LogP contribution in [0.15, 0.2) is 24.5 Å². The highest BCUT2D eigenvalue weighted by molar-refractivity contribution is 6.34. The number of hydrogen-bond donors (Lipinski definition) is 1. The van der Waals surface area contributed by atoms with E-state index in [1.54, 1.807) is 6.07 Å². The van der Waals surface area contributed by atoms with Crippen molar-refractivity contribution in [2.24, 2.45) is 0 Å². The van der Waals surface area contributed by atoms with Gasteiger partial charge in [-0.1, -0.05) is 30.5 Å². The first-order chi connectivity index (χ1) is 12.0. The number of amides is 1. The minimum Gasteiger partial charge on any atom is -0.357 e. The van der Waals surface area contributed by atoms with Gasteiger partial charge >= 0.3 is 0 Å². The number of benzene rings is 1. The number of nitrogens with zero attached hydrogens (tertiary/aromatic N) is 3. The van der Waals surface area contributed by atoms with Gasteiger partial charge < -0.3 is 10.2 Å². The Hall–Kier alpha value is -2.14. The fourth-order valence-electron chi connectivity index (χ4n) is 3.20. The van der Waals surface area contributed by atoms with Crippen LogP contribution >= 0.6 is 11.6 Å². The van der Waals surface area contributed by atoms with Crippen LogP contribution in [0, 0.1) is 13.8 Å². The van der Waals surface area contributed by atoms with E-state index >= 15 is 0 Å². The maximum atomic E-state index is 12.6. The molecular weight excluding hydrogens is 336 g/mol. The van der Waals surface area contributed by atoms with Crippen molar-refractivity contribution in [2.75, 3.05) is 23.3 Å². The molecule has 3 rings (SSSR count). The molecule has 0 spiro atoms. The molecule has 0 bridgehead atoms. The van der Waals surface area contributed by atoms with Gasteiger partial charge in [0.1, 0.15) is 17.8 Å². The summed E-state index contributed by atoms with van der Waals surface area (Å²) in [6.45, 7) is 5.85. The van der Waals surface area contributed by atoms with E-state index in [9.17, 15) is 4.79 Å². The highest BCUT2D eigenvalue weighted by Crippen LogP contribution is 2.28. The summed E-state index contributed by atoms with van der Waals surface area (Å²) in [6.07, 6.45) is 6.27. The molecule has 0 aliphatic carbocycles. The molecule has 6 heteroatoms. The van der Waals surface area contributed by atoms with Crippen molar-refractivity contribution in [3.63, 3.8) is 0 Å². The van der Waals surface area contributed by atoms with E-state index in [4.69, 9.17) is 11.6 Å². The lowest BCUT2D eigenvalue weighted by atomic mass is 10.1. The Labute approximate surface area is 153 Å². The molecule has 5 nitrogen and oxygen atoms in total. The van der Waals surface area contributed by atoms with Crippen LogP contribution < -0.4 is 10.2 Å². The zero-order chi connectivity index (χ0) is 17.8. The molecule has 1 N–H and O–H groups in total. The van der Waals surface area contributed by atoms with Crippen molar-refractivity contribution in [1.29, 1.82) is 0 Å². The second-order valence-electron chi connectivity index (χ2n) is 6.56. The lowest BCUT2D eigenvalue weighted by molar-refractivity contribution is 0.102. The molecule has 1 aromatic carbocycles. The number of hydrogen-bond acceptors (Lipinski definition) is 4.